The lowest BCUT2D eigenvalue weighted by Crippen LogP contribution is -2.40. The van der Waals surface area contributed by atoms with Gasteiger partial charge in [-0.3, -0.25) is 5.43 Å². The Bertz CT molecular complexity index is 773. The average Bonchev–Trinajstić information content (AvgIpc) is 2.69. The summed E-state index contributed by atoms with van der Waals surface area (Å²) in [4.78, 5) is 0. The van der Waals surface area contributed by atoms with Gasteiger partial charge in [0.05, 0.1) is 6.21 Å². The second-order valence-electron chi connectivity index (χ2n) is 6.63. The quantitative estimate of drug-likeness (QED) is 0.404. The van der Waals surface area contributed by atoms with Crippen LogP contribution in [-0.4, -0.2) is 17.4 Å². The first-order chi connectivity index (χ1) is 13.2. The molecule has 2 aromatic carbocycles. The number of nitrogens with zero attached hydrogens (tertiary/aromatic N) is 1. The van der Waals surface area contributed by atoms with E-state index in [-0.39, 0.29) is 0 Å². The third-order valence-corrected chi connectivity index (χ3v) is 5.00. The Morgan fingerprint density at radius 1 is 1.11 bits per heavy atom. The van der Waals surface area contributed by atoms with Crippen LogP contribution in [0.15, 0.2) is 53.6 Å². The monoisotopic (exact) mass is 401 g/mol. The number of rotatable bonds is 6. The molecule has 1 aliphatic carbocycles. The number of hydrazone groups is 1. The summed E-state index contributed by atoms with van der Waals surface area (Å²) in [5.41, 5.74) is 4.85. The topological polar surface area (TPSA) is 45.7 Å². The summed E-state index contributed by atoms with van der Waals surface area (Å²) in [6.07, 6.45) is 7.93. The molecule has 0 bridgehead atoms. The van der Waals surface area contributed by atoms with E-state index in [2.05, 4.69) is 15.8 Å². The lowest BCUT2D eigenvalue weighted by atomic mass is 9.96. The molecule has 6 heteroatoms. The molecule has 0 spiro atoms. The molecule has 0 radical (unpaired) electrons. The number of hydrogen-bond acceptors (Lipinski definition) is 3. The predicted molar refractivity (Wildman–Crippen MR) is 116 cm³/mol. The fourth-order valence-electron chi connectivity index (χ4n) is 3.09. The molecule has 0 heterocycles. The first kappa shape index (κ1) is 19.6. The van der Waals surface area contributed by atoms with E-state index in [4.69, 9.17) is 28.6 Å². The van der Waals surface area contributed by atoms with E-state index < -0.39 is 0 Å². The van der Waals surface area contributed by atoms with Crippen LogP contribution in [0.5, 0.6) is 5.75 Å². The van der Waals surface area contributed by atoms with Gasteiger partial charge in [0, 0.05) is 16.6 Å². The molecule has 4 nitrogen and oxygen atoms in total. The third kappa shape index (κ3) is 6.52. The van der Waals surface area contributed by atoms with Gasteiger partial charge in [-0.1, -0.05) is 55.1 Å². The van der Waals surface area contributed by atoms with Crippen molar-refractivity contribution >= 4 is 35.1 Å². The maximum Gasteiger partial charge on any atom is 0.187 e. The number of halogens is 1. The smallest absolute Gasteiger partial charge is 0.187 e. The van der Waals surface area contributed by atoms with Crippen LogP contribution in [0.2, 0.25) is 5.02 Å². The summed E-state index contributed by atoms with van der Waals surface area (Å²) in [5.74, 6) is 0.768. The zero-order valence-corrected chi connectivity index (χ0v) is 16.7. The highest BCUT2D eigenvalue weighted by Gasteiger charge is 2.13. The van der Waals surface area contributed by atoms with Gasteiger partial charge in [0.15, 0.2) is 5.11 Å². The highest BCUT2D eigenvalue weighted by molar-refractivity contribution is 7.80. The summed E-state index contributed by atoms with van der Waals surface area (Å²) < 4.78 is 5.93. The first-order valence-corrected chi connectivity index (χ1v) is 10.1. The van der Waals surface area contributed by atoms with Crippen molar-refractivity contribution in [3.05, 3.63) is 64.7 Å². The SMILES string of the molecule is S=C(NN=Cc1ccccc1OCc1ccc(Cl)cc1)NC1CCCCC1. The molecule has 0 amide bonds. The third-order valence-electron chi connectivity index (χ3n) is 4.54. The predicted octanol–water partition coefficient (Wildman–Crippen LogP) is 5.05. The first-order valence-electron chi connectivity index (χ1n) is 9.26. The van der Waals surface area contributed by atoms with Crippen molar-refractivity contribution in [2.24, 2.45) is 5.10 Å². The van der Waals surface area contributed by atoms with Crippen molar-refractivity contribution in [3.63, 3.8) is 0 Å². The number of para-hydroxylation sites is 1. The van der Waals surface area contributed by atoms with Crippen LogP contribution < -0.4 is 15.5 Å². The van der Waals surface area contributed by atoms with E-state index >= 15 is 0 Å². The molecule has 0 aromatic heterocycles. The number of thiocarbonyl (C=S) groups is 1. The minimum atomic E-state index is 0.462. The molecule has 2 aromatic rings. The second-order valence-corrected chi connectivity index (χ2v) is 7.48. The summed E-state index contributed by atoms with van der Waals surface area (Å²) in [6, 6.07) is 15.9. The Morgan fingerprint density at radius 3 is 2.63 bits per heavy atom. The fourth-order valence-corrected chi connectivity index (χ4v) is 3.43. The molecule has 3 rings (SSSR count). The van der Waals surface area contributed by atoms with Gasteiger partial charge >= 0.3 is 0 Å². The fraction of sp³-hybridized carbons (Fsp3) is 0.333. The van der Waals surface area contributed by atoms with E-state index in [1.165, 1.54) is 32.1 Å². The molecule has 0 atom stereocenters. The van der Waals surface area contributed by atoms with Crippen LogP contribution >= 0.6 is 23.8 Å². The van der Waals surface area contributed by atoms with Gasteiger partial charge in [-0.15, -0.1) is 0 Å². The van der Waals surface area contributed by atoms with Gasteiger partial charge < -0.3 is 10.1 Å². The van der Waals surface area contributed by atoms with Gasteiger partial charge in [0.2, 0.25) is 0 Å². The molecule has 27 heavy (non-hydrogen) atoms. The van der Waals surface area contributed by atoms with E-state index in [1.807, 2.05) is 48.5 Å². The van der Waals surface area contributed by atoms with Gasteiger partial charge in [-0.25, -0.2) is 0 Å². The zero-order valence-electron chi connectivity index (χ0n) is 15.2. The van der Waals surface area contributed by atoms with E-state index in [0.717, 1.165) is 21.9 Å². The Kier molecular flexibility index (Phi) is 7.48. The number of hydrogen-bond donors (Lipinski definition) is 2. The van der Waals surface area contributed by atoms with Crippen molar-refractivity contribution < 1.29 is 4.74 Å². The number of benzene rings is 2. The normalized spacial score (nSPS) is 14.9. The number of nitrogens with one attached hydrogen (secondary N) is 2. The van der Waals surface area contributed by atoms with Gasteiger partial charge in [0.1, 0.15) is 12.4 Å². The summed E-state index contributed by atoms with van der Waals surface area (Å²) in [7, 11) is 0. The van der Waals surface area contributed by atoms with Crippen molar-refractivity contribution in [1.29, 1.82) is 0 Å². The molecule has 2 N–H and O–H groups in total. The summed E-state index contributed by atoms with van der Waals surface area (Å²) in [6.45, 7) is 0.469. The van der Waals surface area contributed by atoms with Gasteiger partial charge in [0.25, 0.3) is 0 Å². The second kappa shape index (κ2) is 10.3. The molecule has 1 aliphatic rings. The zero-order chi connectivity index (χ0) is 18.9. The van der Waals surface area contributed by atoms with Crippen LogP contribution in [0.3, 0.4) is 0 Å². The van der Waals surface area contributed by atoms with Crippen LogP contribution in [0, 0.1) is 0 Å². The molecule has 0 saturated heterocycles. The van der Waals surface area contributed by atoms with Crippen LogP contribution in [0.4, 0.5) is 0 Å². The van der Waals surface area contributed by atoms with Crippen LogP contribution in [0.25, 0.3) is 0 Å². The van der Waals surface area contributed by atoms with Gasteiger partial charge in [-0.2, -0.15) is 5.10 Å². The van der Waals surface area contributed by atoms with E-state index in [9.17, 15) is 0 Å². The molecule has 1 fully saturated rings. The number of ether oxygens (including phenoxy) is 1. The van der Waals surface area contributed by atoms with E-state index in [1.54, 1.807) is 6.21 Å². The Balaban J connectivity index is 1.52. The molecule has 142 valence electrons. The van der Waals surface area contributed by atoms with Crippen LogP contribution in [0.1, 0.15) is 43.2 Å². The molecule has 1 saturated carbocycles. The van der Waals surface area contributed by atoms with Crippen molar-refractivity contribution in [1.82, 2.24) is 10.7 Å². The molecular formula is C21H24ClN3OS. The lowest BCUT2D eigenvalue weighted by molar-refractivity contribution is 0.306. The highest BCUT2D eigenvalue weighted by atomic mass is 35.5. The maximum absolute atomic E-state index is 5.93. The van der Waals surface area contributed by atoms with E-state index in [0.29, 0.717) is 17.8 Å². The minimum Gasteiger partial charge on any atom is -0.488 e. The summed E-state index contributed by atoms with van der Waals surface area (Å²) in [5, 5.41) is 8.88. The maximum atomic E-state index is 5.93. The standard InChI is InChI=1S/C21H24ClN3OS/c22-18-12-10-16(11-13-18)15-26-20-9-5-4-6-17(20)14-23-25-21(27)24-19-7-2-1-3-8-19/h4-6,9-14,19H,1-3,7-8,15H2,(H2,24,25,27). The largest absolute Gasteiger partial charge is 0.488 e. The van der Waals surface area contributed by atoms with Gasteiger partial charge in [-0.05, 0) is 54.9 Å². The Morgan fingerprint density at radius 2 is 1.85 bits per heavy atom. The average molecular weight is 402 g/mol. The molecule has 0 unspecified atom stereocenters. The Labute approximate surface area is 171 Å². The molecule has 0 aliphatic heterocycles. The van der Waals surface area contributed by atoms with Crippen LogP contribution in [-0.2, 0) is 6.61 Å². The highest BCUT2D eigenvalue weighted by Crippen LogP contribution is 2.19. The van der Waals surface area contributed by atoms with Crippen molar-refractivity contribution in [2.75, 3.05) is 0 Å². The minimum absolute atomic E-state index is 0.462. The Hall–Kier alpha value is -2.11. The van der Waals surface area contributed by atoms with Crippen molar-refractivity contribution in [3.8, 4) is 5.75 Å². The lowest BCUT2D eigenvalue weighted by Gasteiger charge is -2.23. The van der Waals surface area contributed by atoms with Crippen molar-refractivity contribution in [2.45, 2.75) is 44.8 Å². The summed E-state index contributed by atoms with van der Waals surface area (Å²) >= 11 is 11.2. The molecular weight excluding hydrogens is 378 g/mol.